The number of hydrogen-bond acceptors (Lipinski definition) is 5. The van der Waals surface area contributed by atoms with Gasteiger partial charge in [0.1, 0.15) is 12.0 Å². The van der Waals surface area contributed by atoms with Crippen LogP contribution in [0.3, 0.4) is 0 Å². The molecule has 0 aliphatic rings. The van der Waals surface area contributed by atoms with Crippen molar-refractivity contribution in [1.29, 1.82) is 0 Å². The number of H-pyrrole nitrogens is 1. The Balaban J connectivity index is 2.55. The monoisotopic (exact) mass is 236 g/mol. The molecule has 8 nitrogen and oxygen atoms in total. The van der Waals surface area contributed by atoms with Gasteiger partial charge in [-0.25, -0.2) is 4.98 Å². The lowest BCUT2D eigenvalue weighted by Gasteiger charge is -1.90. The predicted octanol–water partition coefficient (Wildman–Crippen LogP) is 0.863. The van der Waals surface area contributed by atoms with Crippen LogP contribution in [0.5, 0.6) is 0 Å². The number of nitro groups is 1. The van der Waals surface area contributed by atoms with Gasteiger partial charge >= 0.3 is 5.69 Å². The van der Waals surface area contributed by atoms with Gasteiger partial charge in [0, 0.05) is 7.05 Å². The number of aromatic nitrogens is 4. The summed E-state index contributed by atoms with van der Waals surface area (Å²) in [6.45, 7) is 1.92. The maximum Gasteiger partial charge on any atom is 0.318 e. The van der Waals surface area contributed by atoms with Crippen molar-refractivity contribution in [2.75, 3.05) is 5.73 Å². The van der Waals surface area contributed by atoms with E-state index in [1.165, 1.54) is 10.9 Å². The number of nitrogen functional groups attached to an aromatic ring is 1. The second-order valence-electron chi connectivity index (χ2n) is 3.60. The van der Waals surface area contributed by atoms with E-state index in [0.717, 1.165) is 5.69 Å². The molecule has 2 rings (SSSR count). The SMILES string of the molecule is CCc1[nH]c(-c2nn(C)cc2[N+](=O)[O-])nc1N. The predicted molar refractivity (Wildman–Crippen MR) is 61.2 cm³/mol. The summed E-state index contributed by atoms with van der Waals surface area (Å²) in [6.07, 6.45) is 2.01. The quantitative estimate of drug-likeness (QED) is 0.605. The molecule has 90 valence electrons. The summed E-state index contributed by atoms with van der Waals surface area (Å²) in [6, 6.07) is 0. The van der Waals surface area contributed by atoms with Gasteiger partial charge in [-0.05, 0) is 6.42 Å². The highest BCUT2D eigenvalue weighted by Crippen LogP contribution is 2.27. The molecule has 17 heavy (non-hydrogen) atoms. The van der Waals surface area contributed by atoms with Gasteiger partial charge in [0.2, 0.25) is 5.69 Å². The van der Waals surface area contributed by atoms with Crippen LogP contribution in [0, 0.1) is 10.1 Å². The van der Waals surface area contributed by atoms with E-state index in [9.17, 15) is 10.1 Å². The Kier molecular flexibility index (Phi) is 2.54. The Morgan fingerprint density at radius 2 is 2.35 bits per heavy atom. The van der Waals surface area contributed by atoms with Crippen LogP contribution in [-0.2, 0) is 13.5 Å². The molecular weight excluding hydrogens is 224 g/mol. The van der Waals surface area contributed by atoms with E-state index in [4.69, 9.17) is 5.73 Å². The Labute approximate surface area is 96.6 Å². The summed E-state index contributed by atoms with van der Waals surface area (Å²) in [7, 11) is 1.61. The zero-order valence-corrected chi connectivity index (χ0v) is 9.47. The van der Waals surface area contributed by atoms with Crippen molar-refractivity contribution in [2.45, 2.75) is 13.3 Å². The molecule has 2 heterocycles. The van der Waals surface area contributed by atoms with Crippen LogP contribution >= 0.6 is 0 Å². The topological polar surface area (TPSA) is 116 Å². The van der Waals surface area contributed by atoms with E-state index in [2.05, 4.69) is 15.1 Å². The molecule has 0 aliphatic carbocycles. The third-order valence-electron chi connectivity index (χ3n) is 2.39. The van der Waals surface area contributed by atoms with Crippen molar-refractivity contribution in [2.24, 2.45) is 7.05 Å². The molecule has 2 aromatic heterocycles. The van der Waals surface area contributed by atoms with Gasteiger partial charge in [0.05, 0.1) is 10.6 Å². The third kappa shape index (κ3) is 1.84. The van der Waals surface area contributed by atoms with Crippen molar-refractivity contribution >= 4 is 11.5 Å². The molecule has 0 aliphatic heterocycles. The Morgan fingerprint density at radius 1 is 1.65 bits per heavy atom. The maximum atomic E-state index is 10.8. The molecule has 0 fully saturated rings. The van der Waals surface area contributed by atoms with Crippen LogP contribution in [-0.4, -0.2) is 24.7 Å². The van der Waals surface area contributed by atoms with E-state index < -0.39 is 4.92 Å². The molecule has 0 saturated heterocycles. The van der Waals surface area contributed by atoms with Gasteiger partial charge in [0.25, 0.3) is 0 Å². The van der Waals surface area contributed by atoms with Gasteiger partial charge in [-0.1, -0.05) is 6.92 Å². The summed E-state index contributed by atoms with van der Waals surface area (Å²) in [5, 5.41) is 14.9. The lowest BCUT2D eigenvalue weighted by molar-refractivity contribution is -0.384. The molecular formula is C9H12N6O2. The molecule has 0 amide bonds. The molecule has 0 aromatic carbocycles. The second kappa shape index (κ2) is 3.89. The Bertz CT molecular complexity index is 570. The van der Waals surface area contributed by atoms with Crippen molar-refractivity contribution in [3.05, 3.63) is 22.0 Å². The molecule has 0 unspecified atom stereocenters. The first kappa shape index (κ1) is 11.1. The summed E-state index contributed by atoms with van der Waals surface area (Å²) in [5.41, 5.74) is 6.53. The van der Waals surface area contributed by atoms with E-state index in [-0.39, 0.29) is 11.4 Å². The van der Waals surface area contributed by atoms with Crippen molar-refractivity contribution in [3.63, 3.8) is 0 Å². The smallest absolute Gasteiger partial charge is 0.318 e. The zero-order chi connectivity index (χ0) is 12.6. The lowest BCUT2D eigenvalue weighted by Crippen LogP contribution is -1.91. The molecule has 0 atom stereocenters. The van der Waals surface area contributed by atoms with Crippen LogP contribution in [0.15, 0.2) is 6.20 Å². The van der Waals surface area contributed by atoms with E-state index in [1.807, 2.05) is 6.92 Å². The van der Waals surface area contributed by atoms with Gasteiger partial charge < -0.3 is 10.7 Å². The highest BCUT2D eigenvalue weighted by Gasteiger charge is 2.23. The normalized spacial score (nSPS) is 10.7. The number of nitrogens with one attached hydrogen (secondary N) is 1. The number of aryl methyl sites for hydroxylation is 2. The minimum absolute atomic E-state index is 0.0936. The molecule has 0 saturated carbocycles. The fourth-order valence-corrected chi connectivity index (χ4v) is 1.58. The summed E-state index contributed by atoms with van der Waals surface area (Å²) in [5.74, 6) is 0.675. The highest BCUT2D eigenvalue weighted by atomic mass is 16.6. The average molecular weight is 236 g/mol. The third-order valence-corrected chi connectivity index (χ3v) is 2.39. The Hall–Kier alpha value is -2.38. The molecule has 0 radical (unpaired) electrons. The summed E-state index contributed by atoms with van der Waals surface area (Å²) >= 11 is 0. The number of hydrogen-bond donors (Lipinski definition) is 2. The van der Waals surface area contributed by atoms with Gasteiger partial charge in [-0.2, -0.15) is 5.10 Å². The van der Waals surface area contributed by atoms with Gasteiger partial charge in [-0.15, -0.1) is 0 Å². The zero-order valence-electron chi connectivity index (χ0n) is 9.47. The van der Waals surface area contributed by atoms with E-state index in [1.54, 1.807) is 7.05 Å². The molecule has 0 bridgehead atoms. The minimum atomic E-state index is -0.493. The standard InChI is InChI=1S/C9H12N6O2/c1-3-5-8(10)12-9(11-5)7-6(15(16)17)4-14(2)13-7/h4H,3,10H2,1-2H3,(H,11,12). The maximum absolute atomic E-state index is 10.8. The largest absolute Gasteiger partial charge is 0.382 e. The first-order valence-electron chi connectivity index (χ1n) is 5.05. The fraction of sp³-hybridized carbons (Fsp3) is 0.333. The fourth-order valence-electron chi connectivity index (χ4n) is 1.58. The number of anilines is 1. The summed E-state index contributed by atoms with van der Waals surface area (Å²) in [4.78, 5) is 17.3. The first-order chi connectivity index (χ1) is 8.02. The lowest BCUT2D eigenvalue weighted by atomic mass is 10.3. The number of imidazole rings is 1. The molecule has 8 heteroatoms. The van der Waals surface area contributed by atoms with Crippen LogP contribution in [0.2, 0.25) is 0 Å². The van der Waals surface area contributed by atoms with Crippen LogP contribution in [0.1, 0.15) is 12.6 Å². The van der Waals surface area contributed by atoms with Crippen LogP contribution < -0.4 is 5.73 Å². The van der Waals surface area contributed by atoms with Crippen LogP contribution in [0.4, 0.5) is 11.5 Å². The van der Waals surface area contributed by atoms with Crippen molar-refractivity contribution in [3.8, 4) is 11.5 Å². The molecule has 0 spiro atoms. The average Bonchev–Trinajstić information content (AvgIpc) is 2.81. The first-order valence-corrected chi connectivity index (χ1v) is 5.05. The van der Waals surface area contributed by atoms with Crippen molar-refractivity contribution < 1.29 is 4.92 Å². The second-order valence-corrected chi connectivity index (χ2v) is 3.60. The van der Waals surface area contributed by atoms with Crippen molar-refractivity contribution in [1.82, 2.24) is 19.7 Å². The molecule has 2 aromatic rings. The van der Waals surface area contributed by atoms with E-state index in [0.29, 0.717) is 18.1 Å². The van der Waals surface area contributed by atoms with Crippen LogP contribution in [0.25, 0.3) is 11.5 Å². The van der Waals surface area contributed by atoms with Gasteiger partial charge in [-0.3, -0.25) is 14.8 Å². The Morgan fingerprint density at radius 3 is 2.88 bits per heavy atom. The highest BCUT2D eigenvalue weighted by molar-refractivity contribution is 5.64. The van der Waals surface area contributed by atoms with Gasteiger partial charge in [0.15, 0.2) is 5.82 Å². The number of nitrogens with two attached hydrogens (primary N) is 1. The van der Waals surface area contributed by atoms with E-state index >= 15 is 0 Å². The minimum Gasteiger partial charge on any atom is -0.382 e. The number of rotatable bonds is 3. The number of aromatic amines is 1. The molecule has 3 N–H and O–H groups in total. The number of nitrogens with zero attached hydrogens (tertiary/aromatic N) is 4. The summed E-state index contributed by atoms with van der Waals surface area (Å²) < 4.78 is 1.37.